The van der Waals surface area contributed by atoms with Gasteiger partial charge in [-0.15, -0.1) is 0 Å². The molecule has 2 aromatic carbocycles. The molecule has 50 heavy (non-hydrogen) atoms. The van der Waals surface area contributed by atoms with Gasteiger partial charge in [0.2, 0.25) is 6.79 Å². The predicted octanol–water partition coefficient (Wildman–Crippen LogP) is 7.48. The fraction of sp³-hybridized carbons (Fsp3) is 0.525. The Morgan fingerprint density at radius 2 is 1.88 bits per heavy atom. The van der Waals surface area contributed by atoms with Crippen LogP contribution in [-0.4, -0.2) is 61.4 Å². The Labute approximate surface area is 300 Å². The lowest BCUT2D eigenvalue weighted by Gasteiger charge is -2.48. The van der Waals surface area contributed by atoms with Crippen LogP contribution in [0.25, 0.3) is 0 Å². The first kappa shape index (κ1) is 34.5. The largest absolute Gasteiger partial charge is 0.493 e. The Morgan fingerprint density at radius 3 is 2.64 bits per heavy atom. The molecule has 1 fully saturated rings. The van der Waals surface area contributed by atoms with Crippen molar-refractivity contribution in [3.05, 3.63) is 76.1 Å². The van der Waals surface area contributed by atoms with Crippen molar-refractivity contribution in [2.45, 2.75) is 88.5 Å². The maximum absolute atomic E-state index is 14.0. The molecule has 3 atom stereocenters. The number of carbonyl (C=O) groups excluding carboxylic acids is 2. The van der Waals surface area contributed by atoms with E-state index >= 15 is 0 Å². The van der Waals surface area contributed by atoms with Crippen LogP contribution in [0.2, 0.25) is 5.02 Å². The normalized spacial score (nSPS) is 25.4. The number of nitrogens with zero attached hydrogens (tertiary/aromatic N) is 2. The summed E-state index contributed by atoms with van der Waals surface area (Å²) in [5.74, 6) is 2.96. The topological polar surface area (TPSA) is 99.2 Å². The number of rotatable bonds is 10. The summed E-state index contributed by atoms with van der Waals surface area (Å²) < 4.78 is 24.0. The van der Waals surface area contributed by atoms with Crippen LogP contribution in [0.5, 0.6) is 17.2 Å². The molecule has 1 saturated carbocycles. The lowest BCUT2D eigenvalue weighted by atomic mass is 9.59. The minimum atomic E-state index is -1.02. The Hall–Kier alpha value is -3.98. The molecule has 1 amide bonds. The number of benzene rings is 2. The van der Waals surface area contributed by atoms with Gasteiger partial charge in [-0.2, -0.15) is 0 Å². The second kappa shape index (κ2) is 14.0. The first-order chi connectivity index (χ1) is 24.1. The Bertz CT molecular complexity index is 1750. The van der Waals surface area contributed by atoms with Gasteiger partial charge >= 0.3 is 5.97 Å². The maximum Gasteiger partial charge on any atom is 0.332 e. The van der Waals surface area contributed by atoms with Crippen molar-refractivity contribution in [2.24, 2.45) is 11.8 Å². The van der Waals surface area contributed by atoms with Crippen molar-refractivity contribution in [1.29, 1.82) is 0 Å². The van der Waals surface area contributed by atoms with Gasteiger partial charge in [-0.3, -0.25) is 9.78 Å². The number of pyridine rings is 1. The van der Waals surface area contributed by atoms with Crippen molar-refractivity contribution >= 4 is 29.2 Å². The molecule has 3 aliphatic carbocycles. The highest BCUT2D eigenvalue weighted by molar-refractivity contribution is 6.30. The molecule has 0 saturated heterocycles. The van der Waals surface area contributed by atoms with Gasteiger partial charge < -0.3 is 29.2 Å². The SMILES string of the molecule is C[C@@H](COc1ccnc2c1[C@H](C)CCC2)C[C@H]1Cc2cc3c(cc2C12CCC(Nc1cccc(Cl)c1)(C(=O)OCC(=O)N(C)C)CC2)OCO3. The van der Waals surface area contributed by atoms with Gasteiger partial charge in [-0.25, -0.2) is 4.79 Å². The summed E-state index contributed by atoms with van der Waals surface area (Å²) in [5, 5.41) is 4.11. The highest BCUT2D eigenvalue weighted by Crippen LogP contribution is 2.58. The summed E-state index contributed by atoms with van der Waals surface area (Å²) in [5.41, 5.74) is 4.60. The van der Waals surface area contributed by atoms with Gasteiger partial charge in [0.25, 0.3) is 5.91 Å². The molecule has 0 unspecified atom stereocenters. The van der Waals surface area contributed by atoms with Crippen molar-refractivity contribution in [2.75, 3.05) is 39.4 Å². The molecule has 0 bridgehead atoms. The zero-order valence-electron chi connectivity index (χ0n) is 29.6. The van der Waals surface area contributed by atoms with Gasteiger partial charge in [0.1, 0.15) is 11.3 Å². The van der Waals surface area contributed by atoms with Crippen molar-refractivity contribution in [1.82, 2.24) is 9.88 Å². The number of likely N-dealkylation sites (N-methyl/N-ethyl adjacent to an activating group) is 1. The minimum absolute atomic E-state index is 0.172. The van der Waals surface area contributed by atoms with Crippen LogP contribution in [-0.2, 0) is 32.6 Å². The van der Waals surface area contributed by atoms with E-state index in [4.69, 9.17) is 30.5 Å². The molecule has 1 N–H and O–H groups in total. The highest BCUT2D eigenvalue weighted by Gasteiger charge is 2.55. The van der Waals surface area contributed by atoms with E-state index in [1.165, 1.54) is 33.7 Å². The number of carbonyl (C=O) groups is 2. The Morgan fingerprint density at radius 1 is 1.10 bits per heavy atom. The number of aryl methyl sites for hydroxylation is 1. The average molecular weight is 702 g/mol. The number of aromatic nitrogens is 1. The van der Waals surface area contributed by atoms with Gasteiger partial charge in [0.15, 0.2) is 18.1 Å². The molecular formula is C40H48ClN3O6. The minimum Gasteiger partial charge on any atom is -0.493 e. The molecule has 1 aliphatic heterocycles. The van der Waals surface area contributed by atoms with Crippen LogP contribution in [0, 0.1) is 11.8 Å². The van der Waals surface area contributed by atoms with E-state index in [1.54, 1.807) is 14.1 Å². The first-order valence-electron chi connectivity index (χ1n) is 18.0. The summed E-state index contributed by atoms with van der Waals surface area (Å²) in [7, 11) is 3.31. The number of fused-ring (bicyclic) bond motifs is 4. The molecule has 3 aromatic rings. The Kier molecular flexibility index (Phi) is 9.63. The zero-order valence-corrected chi connectivity index (χ0v) is 30.3. The maximum atomic E-state index is 14.0. The summed E-state index contributed by atoms with van der Waals surface area (Å²) in [4.78, 5) is 32.5. The number of esters is 1. The van der Waals surface area contributed by atoms with Crippen LogP contribution < -0.4 is 19.5 Å². The molecule has 1 aromatic heterocycles. The van der Waals surface area contributed by atoms with Crippen molar-refractivity contribution in [3.8, 4) is 17.2 Å². The molecule has 4 aliphatic rings. The molecule has 266 valence electrons. The highest BCUT2D eigenvalue weighted by atomic mass is 35.5. The predicted molar refractivity (Wildman–Crippen MR) is 192 cm³/mol. The summed E-state index contributed by atoms with van der Waals surface area (Å²) in [6.45, 7) is 5.11. The number of hydrogen-bond donors (Lipinski definition) is 1. The lowest BCUT2D eigenvalue weighted by molar-refractivity contribution is -0.156. The zero-order chi connectivity index (χ0) is 35.0. The number of halogens is 1. The van der Waals surface area contributed by atoms with Crippen LogP contribution in [0.1, 0.15) is 87.1 Å². The molecule has 9 nitrogen and oxygen atoms in total. The number of amides is 1. The third-order valence-corrected chi connectivity index (χ3v) is 11.8. The molecular weight excluding hydrogens is 654 g/mol. The van der Waals surface area contributed by atoms with Gasteiger partial charge in [-0.1, -0.05) is 31.5 Å². The standard InChI is InChI=1S/C40H48ClN3O6/c1-25(22-47-33-11-16-42-32-10-5-7-26(2)37(32)33)17-28-18-27-19-34-35(50-24-49-34)21-31(27)39(28)12-14-40(15-13-39,38(46)48-23-36(45)44(3)4)43-30-9-6-8-29(41)20-30/h6,8-9,11,16,19-21,25-26,28,43H,5,7,10,12-15,17-18,22-24H2,1-4H3/t25-,26-,28+,39?,40?/m1/s1. The second-order valence-electron chi connectivity index (χ2n) is 15.1. The van der Waals surface area contributed by atoms with Gasteiger partial charge in [0.05, 0.1) is 6.61 Å². The van der Waals surface area contributed by atoms with E-state index in [9.17, 15) is 9.59 Å². The second-order valence-corrected chi connectivity index (χ2v) is 15.6. The summed E-state index contributed by atoms with van der Waals surface area (Å²) >= 11 is 6.36. The Balaban J connectivity index is 1.14. The third-order valence-electron chi connectivity index (χ3n) is 11.6. The average Bonchev–Trinajstić information content (AvgIpc) is 3.67. The van der Waals surface area contributed by atoms with Crippen molar-refractivity contribution in [3.63, 3.8) is 0 Å². The van der Waals surface area contributed by atoms with E-state index < -0.39 is 11.5 Å². The van der Waals surface area contributed by atoms with E-state index in [0.29, 0.717) is 42.2 Å². The van der Waals surface area contributed by atoms with Crippen LogP contribution in [0.3, 0.4) is 0 Å². The lowest BCUT2D eigenvalue weighted by Crippen LogP contribution is -2.54. The smallest absolute Gasteiger partial charge is 0.332 e. The third kappa shape index (κ3) is 6.61. The quantitative estimate of drug-likeness (QED) is 0.217. The number of ether oxygens (including phenoxy) is 4. The van der Waals surface area contributed by atoms with Gasteiger partial charge in [0, 0.05) is 42.3 Å². The van der Waals surface area contributed by atoms with Crippen molar-refractivity contribution < 1.29 is 28.5 Å². The molecule has 0 radical (unpaired) electrons. The monoisotopic (exact) mass is 701 g/mol. The summed E-state index contributed by atoms with van der Waals surface area (Å²) in [6.07, 6.45) is 9.72. The van der Waals surface area contributed by atoms with E-state index in [0.717, 1.165) is 61.5 Å². The van der Waals surface area contributed by atoms with Gasteiger partial charge in [-0.05, 0) is 128 Å². The van der Waals surface area contributed by atoms with E-state index in [-0.39, 0.29) is 24.7 Å². The number of anilines is 1. The van der Waals surface area contributed by atoms with Crippen LogP contribution >= 0.6 is 11.6 Å². The number of nitrogens with one attached hydrogen (secondary N) is 1. The van der Waals surface area contributed by atoms with E-state index in [2.05, 4.69) is 36.3 Å². The summed E-state index contributed by atoms with van der Waals surface area (Å²) in [6, 6.07) is 13.8. The van der Waals surface area contributed by atoms with Crippen LogP contribution in [0.4, 0.5) is 5.69 Å². The molecule has 10 heteroatoms. The fourth-order valence-corrected chi connectivity index (χ4v) is 9.07. The van der Waals surface area contributed by atoms with Crippen LogP contribution in [0.15, 0.2) is 48.7 Å². The fourth-order valence-electron chi connectivity index (χ4n) is 8.88. The first-order valence-corrected chi connectivity index (χ1v) is 18.4. The van der Waals surface area contributed by atoms with E-state index in [1.807, 2.05) is 36.5 Å². The molecule has 1 spiro atoms. The molecule has 7 rings (SSSR count). The number of hydrogen-bond acceptors (Lipinski definition) is 8. The molecule has 2 heterocycles.